The van der Waals surface area contributed by atoms with Crippen LogP contribution in [0.1, 0.15) is 19.1 Å². The average Bonchev–Trinajstić information content (AvgIpc) is 2.71. The minimum absolute atomic E-state index is 0.0394. The van der Waals surface area contributed by atoms with E-state index in [1.54, 1.807) is 25.1 Å². The van der Waals surface area contributed by atoms with Crippen molar-refractivity contribution in [1.29, 1.82) is 5.26 Å². The number of allylic oxidation sites excluding steroid dienone is 1. The summed E-state index contributed by atoms with van der Waals surface area (Å²) in [6.45, 7) is 1.68. The zero-order chi connectivity index (χ0) is 10.6. The minimum atomic E-state index is -0.276. The third-order valence-corrected chi connectivity index (χ3v) is 1.77. The zero-order valence-electron chi connectivity index (χ0n) is 7.78. The highest BCUT2D eigenvalue weighted by atomic mass is 16.3. The van der Waals surface area contributed by atoms with Crippen molar-refractivity contribution in [3.8, 4) is 6.07 Å². The molecule has 2 N–H and O–H groups in total. The van der Waals surface area contributed by atoms with E-state index in [9.17, 15) is 4.79 Å². The number of carbonyl (C=O) groups excluding carboxylic acids is 1. The second-order valence-corrected chi connectivity index (χ2v) is 2.65. The number of hydrogen-bond acceptors (Lipinski definition) is 4. The Labute approximate surface area is 81.6 Å². The highest BCUT2D eigenvalue weighted by Crippen LogP contribution is 2.14. The molecule has 0 aliphatic carbocycles. The Kier molecular flexibility index (Phi) is 3.08. The molecule has 0 aliphatic heterocycles. The fraction of sp³-hybridized carbons (Fsp3) is 0.200. The summed E-state index contributed by atoms with van der Waals surface area (Å²) >= 11 is 0. The Balaban J connectivity index is 3.15. The average molecular weight is 190 g/mol. The van der Waals surface area contributed by atoms with Crippen LogP contribution in [0.2, 0.25) is 0 Å². The summed E-state index contributed by atoms with van der Waals surface area (Å²) in [5.41, 5.74) is 5.68. The van der Waals surface area contributed by atoms with E-state index in [1.165, 1.54) is 6.26 Å². The van der Waals surface area contributed by atoms with Gasteiger partial charge in [-0.05, 0) is 12.1 Å². The molecule has 0 aromatic carbocycles. The molecule has 4 heteroatoms. The van der Waals surface area contributed by atoms with E-state index in [0.717, 1.165) is 0 Å². The number of carbonyl (C=O) groups is 1. The van der Waals surface area contributed by atoms with Crippen molar-refractivity contribution in [1.82, 2.24) is 0 Å². The Hall–Kier alpha value is -2.02. The SMILES string of the molecule is CCC(=O)C(C#N)=C(N)c1ccco1. The summed E-state index contributed by atoms with van der Waals surface area (Å²) in [4.78, 5) is 11.3. The van der Waals surface area contributed by atoms with Gasteiger partial charge in [0.1, 0.15) is 11.6 Å². The smallest absolute Gasteiger partial charge is 0.175 e. The van der Waals surface area contributed by atoms with Crippen LogP contribution in [0.3, 0.4) is 0 Å². The van der Waals surface area contributed by atoms with Gasteiger partial charge in [-0.3, -0.25) is 4.79 Å². The second kappa shape index (κ2) is 4.28. The maximum atomic E-state index is 11.3. The standard InChI is InChI=1S/C10H10N2O2/c1-2-8(13)7(6-11)10(12)9-4-3-5-14-9/h3-5H,2,12H2,1H3. The van der Waals surface area contributed by atoms with Crippen LogP contribution < -0.4 is 5.73 Å². The normalized spacial score (nSPS) is 11.7. The zero-order valence-corrected chi connectivity index (χ0v) is 7.78. The molecule has 1 rings (SSSR count). The van der Waals surface area contributed by atoms with Crippen LogP contribution in [-0.4, -0.2) is 5.78 Å². The third kappa shape index (κ3) is 1.83. The molecule has 1 aromatic heterocycles. The van der Waals surface area contributed by atoms with E-state index in [4.69, 9.17) is 15.4 Å². The molecule has 0 radical (unpaired) electrons. The predicted molar refractivity (Wildman–Crippen MR) is 50.7 cm³/mol. The van der Waals surface area contributed by atoms with Gasteiger partial charge >= 0.3 is 0 Å². The van der Waals surface area contributed by atoms with Gasteiger partial charge in [-0.1, -0.05) is 6.92 Å². The Morgan fingerprint density at radius 1 is 1.71 bits per heavy atom. The van der Waals surface area contributed by atoms with Crippen LogP contribution in [0.5, 0.6) is 0 Å². The van der Waals surface area contributed by atoms with Crippen LogP contribution >= 0.6 is 0 Å². The van der Waals surface area contributed by atoms with Gasteiger partial charge in [-0.2, -0.15) is 5.26 Å². The van der Waals surface area contributed by atoms with Gasteiger partial charge in [-0.25, -0.2) is 0 Å². The fourth-order valence-electron chi connectivity index (χ4n) is 1.00. The summed E-state index contributed by atoms with van der Waals surface area (Å²) < 4.78 is 4.99. The van der Waals surface area contributed by atoms with Crippen molar-refractivity contribution in [2.24, 2.45) is 5.73 Å². The van der Waals surface area contributed by atoms with Gasteiger partial charge in [0.05, 0.1) is 12.0 Å². The van der Waals surface area contributed by atoms with Crippen molar-refractivity contribution >= 4 is 11.5 Å². The molecule has 0 saturated carbocycles. The van der Waals surface area contributed by atoms with Gasteiger partial charge in [0.25, 0.3) is 0 Å². The molecular formula is C10H10N2O2. The fourth-order valence-corrected chi connectivity index (χ4v) is 1.00. The molecule has 0 atom stereocenters. The van der Waals surface area contributed by atoms with E-state index in [-0.39, 0.29) is 23.5 Å². The van der Waals surface area contributed by atoms with Crippen molar-refractivity contribution in [2.45, 2.75) is 13.3 Å². The molecule has 0 unspecified atom stereocenters. The first-order chi connectivity index (χ1) is 6.70. The summed E-state index contributed by atoms with van der Waals surface area (Å²) in [5, 5.41) is 8.75. The quantitative estimate of drug-likeness (QED) is 0.577. The molecule has 14 heavy (non-hydrogen) atoms. The van der Waals surface area contributed by atoms with Crippen LogP contribution in [0.15, 0.2) is 28.4 Å². The second-order valence-electron chi connectivity index (χ2n) is 2.65. The molecule has 0 fully saturated rings. The molecule has 1 heterocycles. The Morgan fingerprint density at radius 3 is 2.86 bits per heavy atom. The largest absolute Gasteiger partial charge is 0.463 e. The Morgan fingerprint density at radius 2 is 2.43 bits per heavy atom. The molecule has 1 aromatic rings. The molecule has 72 valence electrons. The monoisotopic (exact) mass is 190 g/mol. The number of rotatable bonds is 3. The molecule has 0 saturated heterocycles. The van der Waals surface area contributed by atoms with Crippen molar-refractivity contribution in [2.75, 3.05) is 0 Å². The Bertz CT molecular complexity index is 396. The van der Waals surface area contributed by atoms with Gasteiger partial charge in [0.15, 0.2) is 11.5 Å². The molecule has 0 bridgehead atoms. The van der Waals surface area contributed by atoms with Crippen LogP contribution in [0.4, 0.5) is 0 Å². The number of hydrogen-bond donors (Lipinski definition) is 1. The van der Waals surface area contributed by atoms with Crippen molar-refractivity contribution < 1.29 is 9.21 Å². The molecule has 0 aliphatic rings. The first kappa shape index (κ1) is 10.1. The minimum Gasteiger partial charge on any atom is -0.463 e. The topological polar surface area (TPSA) is 80.0 Å². The maximum absolute atomic E-state index is 11.3. The molecule has 0 spiro atoms. The summed E-state index contributed by atoms with van der Waals surface area (Å²) in [7, 11) is 0. The summed E-state index contributed by atoms with van der Waals surface area (Å²) in [6, 6.07) is 5.04. The lowest BCUT2D eigenvalue weighted by atomic mass is 10.1. The third-order valence-electron chi connectivity index (χ3n) is 1.77. The van der Waals surface area contributed by atoms with E-state index in [1.807, 2.05) is 0 Å². The van der Waals surface area contributed by atoms with E-state index >= 15 is 0 Å². The van der Waals surface area contributed by atoms with Crippen LogP contribution in [-0.2, 0) is 4.79 Å². The lowest BCUT2D eigenvalue weighted by Crippen LogP contribution is -2.07. The lowest BCUT2D eigenvalue weighted by molar-refractivity contribution is -0.114. The number of nitriles is 1. The number of nitrogens with zero attached hydrogens (tertiary/aromatic N) is 1. The van der Waals surface area contributed by atoms with Crippen LogP contribution in [0, 0.1) is 11.3 Å². The van der Waals surface area contributed by atoms with Crippen molar-refractivity contribution in [3.63, 3.8) is 0 Å². The van der Waals surface area contributed by atoms with Gasteiger partial charge in [-0.15, -0.1) is 0 Å². The highest BCUT2D eigenvalue weighted by molar-refractivity contribution is 6.05. The number of ketones is 1. The van der Waals surface area contributed by atoms with Gasteiger partial charge < -0.3 is 10.2 Å². The van der Waals surface area contributed by atoms with E-state index < -0.39 is 0 Å². The van der Waals surface area contributed by atoms with Gasteiger partial charge in [0, 0.05) is 6.42 Å². The maximum Gasteiger partial charge on any atom is 0.175 e. The molecular weight excluding hydrogens is 180 g/mol. The molecule has 0 amide bonds. The van der Waals surface area contributed by atoms with E-state index in [0.29, 0.717) is 5.76 Å². The predicted octanol–water partition coefficient (Wildman–Crippen LogP) is 1.45. The number of nitrogens with two attached hydrogens (primary N) is 1. The summed E-state index contributed by atoms with van der Waals surface area (Å²) in [5.74, 6) is 0.0738. The first-order valence-corrected chi connectivity index (χ1v) is 4.17. The highest BCUT2D eigenvalue weighted by Gasteiger charge is 2.13. The molecule has 4 nitrogen and oxygen atoms in total. The first-order valence-electron chi connectivity index (χ1n) is 4.17. The number of furan rings is 1. The van der Waals surface area contributed by atoms with Gasteiger partial charge in [0.2, 0.25) is 0 Å². The number of Topliss-reactive ketones (excluding diaryl/α,β-unsaturated/α-hetero) is 1. The summed E-state index contributed by atoms with van der Waals surface area (Å²) in [6.07, 6.45) is 1.69. The lowest BCUT2D eigenvalue weighted by Gasteiger charge is -1.99. The van der Waals surface area contributed by atoms with Crippen LogP contribution in [0.25, 0.3) is 5.70 Å². The van der Waals surface area contributed by atoms with Crippen molar-refractivity contribution in [3.05, 3.63) is 29.7 Å². The van der Waals surface area contributed by atoms with E-state index in [2.05, 4.69) is 0 Å².